The molecule has 0 aliphatic heterocycles. The molecule has 0 atom stereocenters. The molecule has 2 aromatic rings. The van der Waals surface area contributed by atoms with Crippen molar-refractivity contribution < 1.29 is 0 Å². The van der Waals surface area contributed by atoms with Crippen molar-refractivity contribution in [1.29, 1.82) is 0 Å². The summed E-state index contributed by atoms with van der Waals surface area (Å²) >= 11 is 1.86. The Bertz CT molecular complexity index is 462. The number of nitrogens with zero attached hydrogens (tertiary/aromatic N) is 1. The SMILES string of the molecule is CC(C)c1cc2cc(C(C)C)sc2cn1. The van der Waals surface area contributed by atoms with Crippen molar-refractivity contribution in [3.63, 3.8) is 0 Å². The van der Waals surface area contributed by atoms with Crippen LogP contribution in [0, 0.1) is 0 Å². The lowest BCUT2D eigenvalue weighted by Gasteiger charge is -2.02. The number of thiophene rings is 1. The topological polar surface area (TPSA) is 12.9 Å². The van der Waals surface area contributed by atoms with Crippen molar-refractivity contribution in [2.45, 2.75) is 39.5 Å². The van der Waals surface area contributed by atoms with E-state index in [0.717, 1.165) is 0 Å². The van der Waals surface area contributed by atoms with E-state index in [-0.39, 0.29) is 0 Å². The maximum atomic E-state index is 4.49. The van der Waals surface area contributed by atoms with Gasteiger partial charge in [0.1, 0.15) is 0 Å². The smallest absolute Gasteiger partial charge is 0.0529 e. The van der Waals surface area contributed by atoms with Crippen molar-refractivity contribution in [3.8, 4) is 0 Å². The third kappa shape index (κ3) is 2.05. The largest absolute Gasteiger partial charge is 0.260 e. The highest BCUT2D eigenvalue weighted by Crippen LogP contribution is 2.31. The summed E-state index contributed by atoms with van der Waals surface area (Å²) in [5.74, 6) is 1.13. The fraction of sp³-hybridized carbons (Fsp3) is 0.462. The monoisotopic (exact) mass is 219 g/mol. The zero-order valence-corrected chi connectivity index (χ0v) is 10.6. The lowest BCUT2D eigenvalue weighted by atomic mass is 10.1. The Morgan fingerprint density at radius 2 is 1.80 bits per heavy atom. The zero-order valence-electron chi connectivity index (χ0n) is 9.74. The van der Waals surface area contributed by atoms with Crippen LogP contribution in [0.1, 0.15) is 50.1 Å². The summed E-state index contributed by atoms with van der Waals surface area (Å²) in [6, 6.07) is 4.53. The van der Waals surface area contributed by atoms with E-state index in [0.29, 0.717) is 11.8 Å². The molecule has 80 valence electrons. The van der Waals surface area contributed by atoms with Crippen molar-refractivity contribution >= 4 is 21.4 Å². The second-order valence-electron chi connectivity index (χ2n) is 4.61. The highest BCUT2D eigenvalue weighted by molar-refractivity contribution is 7.19. The van der Waals surface area contributed by atoms with E-state index in [1.165, 1.54) is 20.7 Å². The van der Waals surface area contributed by atoms with Gasteiger partial charge < -0.3 is 0 Å². The first-order valence-electron chi connectivity index (χ1n) is 5.47. The number of fused-ring (bicyclic) bond motifs is 1. The van der Waals surface area contributed by atoms with Gasteiger partial charge in [-0.1, -0.05) is 27.7 Å². The molecule has 0 saturated carbocycles. The van der Waals surface area contributed by atoms with Gasteiger partial charge in [-0.25, -0.2) is 0 Å². The molecule has 0 spiro atoms. The van der Waals surface area contributed by atoms with Gasteiger partial charge in [0.25, 0.3) is 0 Å². The summed E-state index contributed by atoms with van der Waals surface area (Å²) in [4.78, 5) is 5.94. The van der Waals surface area contributed by atoms with Gasteiger partial charge in [-0.3, -0.25) is 4.98 Å². The Kier molecular flexibility index (Phi) is 2.79. The summed E-state index contributed by atoms with van der Waals surface area (Å²) < 4.78 is 1.31. The van der Waals surface area contributed by atoms with Crippen LogP contribution >= 0.6 is 11.3 Å². The van der Waals surface area contributed by atoms with Gasteiger partial charge in [0, 0.05) is 16.8 Å². The summed E-state index contributed by atoms with van der Waals surface area (Å²) in [5, 5.41) is 1.35. The maximum Gasteiger partial charge on any atom is 0.0529 e. The molecule has 0 aliphatic rings. The Hall–Kier alpha value is -0.890. The van der Waals surface area contributed by atoms with Crippen LogP contribution in [0.3, 0.4) is 0 Å². The highest BCUT2D eigenvalue weighted by atomic mass is 32.1. The number of hydrogen-bond acceptors (Lipinski definition) is 2. The summed E-state index contributed by atoms with van der Waals surface area (Å²) in [7, 11) is 0. The van der Waals surface area contributed by atoms with Crippen LogP contribution in [0.5, 0.6) is 0 Å². The molecule has 0 aliphatic carbocycles. The van der Waals surface area contributed by atoms with Crippen LogP contribution in [-0.2, 0) is 0 Å². The molecule has 0 unspecified atom stereocenters. The van der Waals surface area contributed by atoms with Gasteiger partial charge in [-0.15, -0.1) is 11.3 Å². The standard InChI is InChI=1S/C13H17NS/c1-8(2)11-5-10-6-12(9(3)4)15-13(10)7-14-11/h5-9H,1-4H3. The van der Waals surface area contributed by atoms with Crippen molar-refractivity contribution in [3.05, 3.63) is 28.9 Å². The molecule has 0 saturated heterocycles. The minimum Gasteiger partial charge on any atom is -0.260 e. The quantitative estimate of drug-likeness (QED) is 0.722. The van der Waals surface area contributed by atoms with E-state index < -0.39 is 0 Å². The molecule has 2 heteroatoms. The van der Waals surface area contributed by atoms with Crippen LogP contribution in [-0.4, -0.2) is 4.98 Å². The molecule has 2 aromatic heterocycles. The number of hydrogen-bond donors (Lipinski definition) is 0. The predicted octanol–water partition coefficient (Wildman–Crippen LogP) is 4.54. The summed E-state index contributed by atoms with van der Waals surface area (Å²) in [6.45, 7) is 8.84. The van der Waals surface area contributed by atoms with Gasteiger partial charge in [0.2, 0.25) is 0 Å². The van der Waals surface area contributed by atoms with Crippen molar-refractivity contribution in [2.75, 3.05) is 0 Å². The average molecular weight is 219 g/mol. The third-order valence-electron chi connectivity index (χ3n) is 2.60. The van der Waals surface area contributed by atoms with E-state index in [1.807, 2.05) is 17.5 Å². The molecule has 1 nitrogen and oxygen atoms in total. The minimum absolute atomic E-state index is 0.511. The summed E-state index contributed by atoms with van der Waals surface area (Å²) in [5.41, 5.74) is 1.19. The molecule has 0 bridgehead atoms. The Balaban J connectivity index is 2.52. The van der Waals surface area contributed by atoms with Gasteiger partial charge in [-0.2, -0.15) is 0 Å². The van der Waals surface area contributed by atoms with E-state index in [9.17, 15) is 0 Å². The molecule has 15 heavy (non-hydrogen) atoms. The summed E-state index contributed by atoms with van der Waals surface area (Å²) in [6.07, 6.45) is 2.02. The second kappa shape index (κ2) is 3.93. The van der Waals surface area contributed by atoms with E-state index in [4.69, 9.17) is 0 Å². The first-order valence-corrected chi connectivity index (χ1v) is 6.29. The molecule has 0 N–H and O–H groups in total. The Labute approximate surface area is 95.2 Å². The van der Waals surface area contributed by atoms with Gasteiger partial charge in [0.15, 0.2) is 0 Å². The van der Waals surface area contributed by atoms with Crippen molar-refractivity contribution in [1.82, 2.24) is 4.98 Å². The highest BCUT2D eigenvalue weighted by Gasteiger charge is 2.07. The second-order valence-corrected chi connectivity index (χ2v) is 5.72. The molecular weight excluding hydrogens is 202 g/mol. The number of rotatable bonds is 2. The lowest BCUT2D eigenvalue weighted by molar-refractivity contribution is 0.826. The van der Waals surface area contributed by atoms with Crippen LogP contribution in [0.15, 0.2) is 18.3 Å². The van der Waals surface area contributed by atoms with E-state index in [1.54, 1.807) is 0 Å². The van der Waals surface area contributed by atoms with Gasteiger partial charge in [-0.05, 0) is 29.4 Å². The van der Waals surface area contributed by atoms with Gasteiger partial charge >= 0.3 is 0 Å². The first-order chi connectivity index (χ1) is 7.08. The third-order valence-corrected chi connectivity index (χ3v) is 3.99. The maximum absolute atomic E-state index is 4.49. The normalized spacial score (nSPS) is 11.9. The predicted molar refractivity (Wildman–Crippen MR) is 67.8 cm³/mol. The lowest BCUT2D eigenvalue weighted by Crippen LogP contribution is -1.89. The Morgan fingerprint density at radius 3 is 2.40 bits per heavy atom. The Morgan fingerprint density at radius 1 is 1.07 bits per heavy atom. The van der Waals surface area contributed by atoms with Gasteiger partial charge in [0.05, 0.1) is 4.70 Å². The van der Waals surface area contributed by atoms with Crippen molar-refractivity contribution in [2.24, 2.45) is 0 Å². The zero-order chi connectivity index (χ0) is 11.0. The molecule has 0 aromatic carbocycles. The van der Waals surface area contributed by atoms with E-state index >= 15 is 0 Å². The fourth-order valence-electron chi connectivity index (χ4n) is 1.58. The average Bonchev–Trinajstić information content (AvgIpc) is 2.59. The van der Waals surface area contributed by atoms with Crippen LogP contribution in [0.25, 0.3) is 10.1 Å². The molecule has 2 rings (SSSR count). The molecule has 0 fully saturated rings. The number of pyridine rings is 1. The van der Waals surface area contributed by atoms with E-state index in [2.05, 4.69) is 44.8 Å². The van der Waals surface area contributed by atoms with Crippen LogP contribution < -0.4 is 0 Å². The molecular formula is C13H17NS. The van der Waals surface area contributed by atoms with Crippen LogP contribution in [0.4, 0.5) is 0 Å². The number of aromatic nitrogens is 1. The molecule has 0 radical (unpaired) electrons. The minimum atomic E-state index is 0.511. The van der Waals surface area contributed by atoms with Crippen LogP contribution in [0.2, 0.25) is 0 Å². The molecule has 2 heterocycles. The fourth-order valence-corrected chi connectivity index (χ4v) is 2.60. The molecule has 0 amide bonds. The first kappa shape index (κ1) is 10.6.